The number of sulfonamides is 1. The SMILES string of the molecule is Cc1sc2nc(CN(Cc3ccccc3)S(C)(=O)=O)[nH]c(=O)c2c1C. The molecule has 1 N–H and O–H groups in total. The number of nitrogens with zero attached hydrogens (tertiary/aromatic N) is 2. The summed E-state index contributed by atoms with van der Waals surface area (Å²) in [7, 11) is -3.46. The van der Waals surface area contributed by atoms with Gasteiger partial charge >= 0.3 is 0 Å². The molecule has 3 rings (SSSR count). The number of aromatic amines is 1. The Balaban J connectivity index is 1.97. The highest BCUT2D eigenvalue weighted by Gasteiger charge is 2.20. The van der Waals surface area contributed by atoms with Gasteiger partial charge in [0.15, 0.2) is 0 Å². The van der Waals surface area contributed by atoms with Gasteiger partial charge in [-0.25, -0.2) is 13.4 Å². The summed E-state index contributed by atoms with van der Waals surface area (Å²) in [6.45, 7) is 4.08. The van der Waals surface area contributed by atoms with Gasteiger partial charge in [-0.3, -0.25) is 4.79 Å². The van der Waals surface area contributed by atoms with Crippen LogP contribution in [0.5, 0.6) is 0 Å². The van der Waals surface area contributed by atoms with E-state index in [4.69, 9.17) is 0 Å². The number of aromatic nitrogens is 2. The smallest absolute Gasteiger partial charge is 0.259 e. The van der Waals surface area contributed by atoms with E-state index in [0.29, 0.717) is 16.0 Å². The first kappa shape index (κ1) is 17.8. The fraction of sp³-hybridized carbons (Fsp3) is 0.294. The monoisotopic (exact) mass is 377 g/mol. The maximum absolute atomic E-state index is 12.4. The summed E-state index contributed by atoms with van der Waals surface area (Å²) in [5, 5.41) is 0.584. The Morgan fingerprint density at radius 1 is 1.16 bits per heavy atom. The number of benzene rings is 1. The van der Waals surface area contributed by atoms with Gasteiger partial charge in [-0.05, 0) is 25.0 Å². The van der Waals surface area contributed by atoms with Crippen molar-refractivity contribution in [1.82, 2.24) is 14.3 Å². The largest absolute Gasteiger partial charge is 0.309 e. The molecule has 132 valence electrons. The first-order valence-corrected chi connectivity index (χ1v) is 10.4. The van der Waals surface area contributed by atoms with Crippen LogP contribution < -0.4 is 5.56 Å². The lowest BCUT2D eigenvalue weighted by Gasteiger charge is -2.19. The van der Waals surface area contributed by atoms with Crippen LogP contribution in [0.4, 0.5) is 0 Å². The van der Waals surface area contributed by atoms with Gasteiger partial charge < -0.3 is 4.98 Å². The lowest BCUT2D eigenvalue weighted by Crippen LogP contribution is -2.30. The lowest BCUT2D eigenvalue weighted by atomic mass is 10.2. The molecule has 0 bridgehead atoms. The fourth-order valence-electron chi connectivity index (χ4n) is 2.62. The molecule has 8 heteroatoms. The summed E-state index contributed by atoms with van der Waals surface area (Å²) in [6.07, 6.45) is 1.16. The third-order valence-electron chi connectivity index (χ3n) is 4.09. The third kappa shape index (κ3) is 3.81. The Hall–Kier alpha value is -2.03. The zero-order valence-corrected chi connectivity index (χ0v) is 15.9. The Bertz CT molecular complexity index is 1070. The number of hydrogen-bond acceptors (Lipinski definition) is 5. The summed E-state index contributed by atoms with van der Waals surface area (Å²) in [6, 6.07) is 9.33. The van der Waals surface area contributed by atoms with Gasteiger partial charge in [0.25, 0.3) is 5.56 Å². The van der Waals surface area contributed by atoms with E-state index < -0.39 is 10.0 Å². The van der Waals surface area contributed by atoms with Crippen molar-refractivity contribution in [2.75, 3.05) is 6.26 Å². The molecule has 1 aromatic carbocycles. The maximum Gasteiger partial charge on any atom is 0.259 e. The molecular formula is C17H19N3O3S2. The van der Waals surface area contributed by atoms with Crippen molar-refractivity contribution in [3.05, 3.63) is 62.5 Å². The van der Waals surface area contributed by atoms with Crippen LogP contribution in [-0.4, -0.2) is 28.9 Å². The highest BCUT2D eigenvalue weighted by atomic mass is 32.2. The second-order valence-electron chi connectivity index (χ2n) is 5.99. The van der Waals surface area contributed by atoms with E-state index in [1.807, 2.05) is 44.2 Å². The molecule has 0 atom stereocenters. The number of H-pyrrole nitrogens is 1. The second kappa shape index (κ2) is 6.70. The maximum atomic E-state index is 12.4. The highest BCUT2D eigenvalue weighted by Crippen LogP contribution is 2.26. The van der Waals surface area contributed by atoms with E-state index in [-0.39, 0.29) is 18.6 Å². The number of rotatable bonds is 5. The van der Waals surface area contributed by atoms with Crippen LogP contribution in [-0.2, 0) is 23.1 Å². The van der Waals surface area contributed by atoms with Crippen LogP contribution >= 0.6 is 11.3 Å². The van der Waals surface area contributed by atoms with Gasteiger partial charge in [0.1, 0.15) is 10.7 Å². The van der Waals surface area contributed by atoms with Crippen LogP contribution in [0.1, 0.15) is 21.8 Å². The number of fused-ring (bicyclic) bond motifs is 1. The van der Waals surface area contributed by atoms with Crippen molar-refractivity contribution in [3.63, 3.8) is 0 Å². The number of nitrogens with one attached hydrogen (secondary N) is 1. The molecule has 0 spiro atoms. The molecule has 0 fully saturated rings. The summed E-state index contributed by atoms with van der Waals surface area (Å²) in [5.41, 5.74) is 1.57. The van der Waals surface area contributed by atoms with Crippen molar-refractivity contribution >= 4 is 31.6 Å². The first-order valence-electron chi connectivity index (χ1n) is 7.73. The number of hydrogen-bond donors (Lipinski definition) is 1. The molecule has 3 aromatic rings. The molecule has 0 aliphatic carbocycles. The summed E-state index contributed by atoms with van der Waals surface area (Å²) in [4.78, 5) is 21.2. The average Bonchev–Trinajstić information content (AvgIpc) is 2.82. The van der Waals surface area contributed by atoms with E-state index in [1.165, 1.54) is 15.6 Å². The Morgan fingerprint density at radius 3 is 2.48 bits per heavy atom. The Labute approximate surface area is 150 Å². The van der Waals surface area contributed by atoms with Crippen molar-refractivity contribution < 1.29 is 8.42 Å². The minimum absolute atomic E-state index is 0.0227. The minimum Gasteiger partial charge on any atom is -0.309 e. The van der Waals surface area contributed by atoms with Crippen LogP contribution in [0.2, 0.25) is 0 Å². The van der Waals surface area contributed by atoms with Gasteiger partial charge in [-0.1, -0.05) is 30.3 Å². The zero-order valence-electron chi connectivity index (χ0n) is 14.2. The molecule has 2 aromatic heterocycles. The number of thiophene rings is 1. The standard InChI is InChI=1S/C17H19N3O3S2/c1-11-12(2)24-17-15(11)16(21)18-14(19-17)10-20(25(3,22)23)9-13-7-5-4-6-8-13/h4-8H,9-10H2,1-3H3,(H,18,19,21). The van der Waals surface area contributed by atoms with Crippen molar-refractivity contribution in [3.8, 4) is 0 Å². The summed E-state index contributed by atoms with van der Waals surface area (Å²) >= 11 is 1.45. The predicted octanol–water partition coefficient (Wildman–Crippen LogP) is 2.56. The second-order valence-corrected chi connectivity index (χ2v) is 9.18. The zero-order chi connectivity index (χ0) is 18.2. The molecule has 0 saturated carbocycles. The molecule has 0 amide bonds. The van der Waals surface area contributed by atoms with E-state index in [1.54, 1.807) is 0 Å². The van der Waals surface area contributed by atoms with E-state index in [0.717, 1.165) is 22.3 Å². The van der Waals surface area contributed by atoms with E-state index in [9.17, 15) is 13.2 Å². The highest BCUT2D eigenvalue weighted by molar-refractivity contribution is 7.88. The molecule has 0 saturated heterocycles. The van der Waals surface area contributed by atoms with Crippen LogP contribution in [0.3, 0.4) is 0 Å². The Morgan fingerprint density at radius 2 is 1.84 bits per heavy atom. The van der Waals surface area contributed by atoms with E-state index >= 15 is 0 Å². The van der Waals surface area contributed by atoms with Crippen molar-refractivity contribution in [2.24, 2.45) is 0 Å². The van der Waals surface area contributed by atoms with Crippen molar-refractivity contribution in [1.29, 1.82) is 0 Å². The molecule has 2 heterocycles. The molecule has 0 aliphatic rings. The van der Waals surface area contributed by atoms with Crippen LogP contribution in [0.15, 0.2) is 35.1 Å². The van der Waals surface area contributed by atoms with Crippen LogP contribution in [0, 0.1) is 13.8 Å². The van der Waals surface area contributed by atoms with Gasteiger partial charge in [-0.2, -0.15) is 4.31 Å². The average molecular weight is 377 g/mol. The van der Waals surface area contributed by atoms with Gasteiger partial charge in [0, 0.05) is 11.4 Å². The van der Waals surface area contributed by atoms with Gasteiger partial charge in [0.05, 0.1) is 18.2 Å². The van der Waals surface area contributed by atoms with Gasteiger partial charge in [-0.15, -0.1) is 11.3 Å². The van der Waals surface area contributed by atoms with E-state index in [2.05, 4.69) is 9.97 Å². The molecule has 0 radical (unpaired) electrons. The molecule has 25 heavy (non-hydrogen) atoms. The molecule has 6 nitrogen and oxygen atoms in total. The fourth-order valence-corrected chi connectivity index (χ4v) is 4.41. The quantitative estimate of drug-likeness (QED) is 0.741. The normalized spacial score (nSPS) is 12.2. The van der Waals surface area contributed by atoms with Gasteiger partial charge in [0.2, 0.25) is 10.0 Å². The third-order valence-corrected chi connectivity index (χ3v) is 6.38. The molecule has 0 unspecified atom stereocenters. The van der Waals surface area contributed by atoms with Crippen LogP contribution in [0.25, 0.3) is 10.2 Å². The topological polar surface area (TPSA) is 83.1 Å². The Kier molecular flexibility index (Phi) is 4.77. The number of aryl methyl sites for hydroxylation is 2. The minimum atomic E-state index is -3.46. The predicted molar refractivity (Wildman–Crippen MR) is 100 cm³/mol. The summed E-state index contributed by atoms with van der Waals surface area (Å²) in [5.74, 6) is 0.347. The van der Waals surface area contributed by atoms with Crippen molar-refractivity contribution in [2.45, 2.75) is 26.9 Å². The lowest BCUT2D eigenvalue weighted by molar-refractivity contribution is 0.396. The molecule has 0 aliphatic heterocycles. The molecular weight excluding hydrogens is 358 g/mol. The summed E-state index contributed by atoms with van der Waals surface area (Å²) < 4.78 is 25.6. The first-order chi connectivity index (χ1) is 11.8.